The molecule has 5 heteroatoms. The lowest BCUT2D eigenvalue weighted by Crippen LogP contribution is -2.11. The average Bonchev–Trinajstić information content (AvgIpc) is 2.86. The number of hydrogen-bond acceptors (Lipinski definition) is 5. The quantitative estimate of drug-likeness (QED) is 0.165. The van der Waals surface area contributed by atoms with E-state index in [0.29, 0.717) is 12.4 Å². The maximum atomic E-state index is 11.9. The fraction of sp³-hybridized carbons (Fsp3) is 0.517. The van der Waals surface area contributed by atoms with Gasteiger partial charge in [-0.05, 0) is 36.2 Å². The van der Waals surface area contributed by atoms with Gasteiger partial charge in [0.05, 0.1) is 19.4 Å². The van der Waals surface area contributed by atoms with Crippen molar-refractivity contribution in [2.75, 3.05) is 6.61 Å². The number of benzene rings is 2. The van der Waals surface area contributed by atoms with Crippen LogP contribution in [0.5, 0.6) is 11.5 Å². The highest BCUT2D eigenvalue weighted by Crippen LogP contribution is 2.21. The molecule has 0 bridgehead atoms. The fourth-order valence-corrected chi connectivity index (χ4v) is 3.57. The summed E-state index contributed by atoms with van der Waals surface area (Å²) in [5.41, 5.74) is 0.859. The van der Waals surface area contributed by atoms with Crippen molar-refractivity contribution >= 4 is 11.9 Å². The van der Waals surface area contributed by atoms with Crippen LogP contribution in [0.4, 0.5) is 0 Å². The standard InChI is InChI=1S/C29H40O5/c1-2-3-4-5-6-7-8-9-10-14-23-32-28(30)21-22-29(31)33-24-25-17-19-27(20-18-25)34-26-15-12-11-13-16-26/h11-13,15-20H,2-10,14,21-24H2,1H3. The van der Waals surface area contributed by atoms with E-state index in [9.17, 15) is 9.59 Å². The number of hydrogen-bond donors (Lipinski definition) is 0. The Hall–Kier alpha value is -2.82. The number of unbranched alkanes of at least 4 members (excludes halogenated alkanes) is 9. The van der Waals surface area contributed by atoms with Gasteiger partial charge in [0.2, 0.25) is 0 Å². The molecule has 0 radical (unpaired) electrons. The van der Waals surface area contributed by atoms with E-state index in [1.54, 1.807) is 0 Å². The predicted octanol–water partition coefficient (Wildman–Crippen LogP) is 7.77. The van der Waals surface area contributed by atoms with Gasteiger partial charge in [-0.15, -0.1) is 0 Å². The summed E-state index contributed by atoms with van der Waals surface area (Å²) in [5, 5.41) is 0. The lowest BCUT2D eigenvalue weighted by atomic mass is 10.1. The lowest BCUT2D eigenvalue weighted by Gasteiger charge is -2.08. The maximum Gasteiger partial charge on any atom is 0.306 e. The second-order valence-electron chi connectivity index (χ2n) is 8.62. The van der Waals surface area contributed by atoms with Crippen LogP contribution < -0.4 is 4.74 Å². The first-order chi connectivity index (χ1) is 16.7. The summed E-state index contributed by atoms with van der Waals surface area (Å²) in [4.78, 5) is 23.8. The van der Waals surface area contributed by atoms with Gasteiger partial charge < -0.3 is 14.2 Å². The van der Waals surface area contributed by atoms with Crippen LogP contribution in [0.25, 0.3) is 0 Å². The molecule has 0 saturated heterocycles. The number of para-hydroxylation sites is 1. The highest BCUT2D eigenvalue weighted by molar-refractivity contribution is 5.77. The summed E-state index contributed by atoms with van der Waals surface area (Å²) in [7, 11) is 0. The number of ether oxygens (including phenoxy) is 3. The number of esters is 2. The highest BCUT2D eigenvalue weighted by Gasteiger charge is 2.09. The summed E-state index contributed by atoms with van der Waals surface area (Å²) in [6.07, 6.45) is 12.5. The van der Waals surface area contributed by atoms with Gasteiger partial charge in [0.1, 0.15) is 18.1 Å². The van der Waals surface area contributed by atoms with Crippen LogP contribution in [0, 0.1) is 0 Å². The molecule has 186 valence electrons. The maximum absolute atomic E-state index is 11.9. The molecule has 0 N–H and O–H groups in total. The van der Waals surface area contributed by atoms with E-state index < -0.39 is 5.97 Å². The molecule has 0 amide bonds. The van der Waals surface area contributed by atoms with Crippen molar-refractivity contribution in [3.8, 4) is 11.5 Å². The molecule has 2 aromatic rings. The minimum absolute atomic E-state index is 0.0338. The molecule has 0 aliphatic heterocycles. The van der Waals surface area contributed by atoms with E-state index in [1.807, 2.05) is 54.6 Å². The molecule has 0 aliphatic rings. The highest BCUT2D eigenvalue weighted by atomic mass is 16.5. The van der Waals surface area contributed by atoms with Crippen LogP contribution in [0.15, 0.2) is 54.6 Å². The van der Waals surface area contributed by atoms with Crippen LogP contribution in [-0.2, 0) is 25.7 Å². The van der Waals surface area contributed by atoms with Crippen LogP contribution in [-0.4, -0.2) is 18.5 Å². The molecule has 5 nitrogen and oxygen atoms in total. The molecule has 0 aromatic heterocycles. The van der Waals surface area contributed by atoms with Gasteiger partial charge >= 0.3 is 11.9 Å². The Labute approximate surface area is 204 Å². The van der Waals surface area contributed by atoms with Gasteiger partial charge in [-0.2, -0.15) is 0 Å². The molecular weight excluding hydrogens is 428 g/mol. The van der Waals surface area contributed by atoms with Gasteiger partial charge in [0.25, 0.3) is 0 Å². The summed E-state index contributed by atoms with van der Waals surface area (Å²) in [6, 6.07) is 16.9. The largest absolute Gasteiger partial charge is 0.466 e. The van der Waals surface area contributed by atoms with Gasteiger partial charge in [-0.25, -0.2) is 0 Å². The summed E-state index contributed by atoms with van der Waals surface area (Å²) >= 11 is 0. The monoisotopic (exact) mass is 468 g/mol. The number of carbonyl (C=O) groups is 2. The van der Waals surface area contributed by atoms with Crippen molar-refractivity contribution in [1.82, 2.24) is 0 Å². The van der Waals surface area contributed by atoms with Gasteiger partial charge in [0, 0.05) is 0 Å². The van der Waals surface area contributed by atoms with Gasteiger partial charge in [-0.1, -0.05) is 95.0 Å². The zero-order chi connectivity index (χ0) is 24.3. The molecule has 0 spiro atoms. The first-order valence-corrected chi connectivity index (χ1v) is 12.8. The molecule has 0 heterocycles. The molecule has 2 rings (SSSR count). The minimum Gasteiger partial charge on any atom is -0.466 e. The summed E-state index contributed by atoms with van der Waals surface area (Å²) in [5.74, 6) is 0.740. The molecule has 2 aromatic carbocycles. The molecule has 34 heavy (non-hydrogen) atoms. The SMILES string of the molecule is CCCCCCCCCCCCOC(=O)CCC(=O)OCc1ccc(Oc2ccccc2)cc1. The Morgan fingerprint density at radius 3 is 1.76 bits per heavy atom. The molecule has 0 aliphatic carbocycles. The van der Waals surface area contributed by atoms with Crippen molar-refractivity contribution in [1.29, 1.82) is 0 Å². The van der Waals surface area contributed by atoms with E-state index in [-0.39, 0.29) is 25.4 Å². The fourth-order valence-electron chi connectivity index (χ4n) is 3.57. The van der Waals surface area contributed by atoms with E-state index in [1.165, 1.54) is 51.4 Å². The minimum atomic E-state index is -0.402. The van der Waals surface area contributed by atoms with Crippen molar-refractivity contribution in [2.24, 2.45) is 0 Å². The topological polar surface area (TPSA) is 61.8 Å². The van der Waals surface area contributed by atoms with E-state index in [2.05, 4.69) is 6.92 Å². The average molecular weight is 469 g/mol. The predicted molar refractivity (Wildman–Crippen MR) is 135 cm³/mol. The van der Waals surface area contributed by atoms with Crippen LogP contribution in [0.2, 0.25) is 0 Å². The normalized spacial score (nSPS) is 10.6. The third-order valence-corrected chi connectivity index (χ3v) is 5.60. The Balaban J connectivity index is 1.46. The second kappa shape index (κ2) is 17.6. The molecule has 0 fully saturated rings. The van der Waals surface area contributed by atoms with Crippen LogP contribution >= 0.6 is 0 Å². The third-order valence-electron chi connectivity index (χ3n) is 5.60. The zero-order valence-electron chi connectivity index (χ0n) is 20.6. The summed E-state index contributed by atoms with van der Waals surface area (Å²) in [6.45, 7) is 2.84. The van der Waals surface area contributed by atoms with E-state index in [0.717, 1.165) is 24.2 Å². The number of rotatable bonds is 18. The van der Waals surface area contributed by atoms with Crippen LogP contribution in [0.1, 0.15) is 89.5 Å². The number of carbonyl (C=O) groups excluding carboxylic acids is 2. The summed E-state index contributed by atoms with van der Waals surface area (Å²) < 4.78 is 16.2. The van der Waals surface area contributed by atoms with E-state index in [4.69, 9.17) is 14.2 Å². The van der Waals surface area contributed by atoms with Gasteiger partial charge in [-0.3, -0.25) is 9.59 Å². The van der Waals surface area contributed by atoms with Crippen LogP contribution in [0.3, 0.4) is 0 Å². The van der Waals surface area contributed by atoms with E-state index >= 15 is 0 Å². The Morgan fingerprint density at radius 1 is 0.618 bits per heavy atom. The van der Waals surface area contributed by atoms with Crippen molar-refractivity contribution in [3.05, 3.63) is 60.2 Å². The molecule has 0 saturated carbocycles. The van der Waals surface area contributed by atoms with Crippen molar-refractivity contribution in [2.45, 2.75) is 90.6 Å². The second-order valence-corrected chi connectivity index (χ2v) is 8.62. The first-order valence-electron chi connectivity index (χ1n) is 12.8. The first kappa shape index (κ1) is 27.4. The zero-order valence-corrected chi connectivity index (χ0v) is 20.6. The third kappa shape index (κ3) is 13.0. The van der Waals surface area contributed by atoms with Crippen molar-refractivity contribution in [3.63, 3.8) is 0 Å². The molecular formula is C29H40O5. The lowest BCUT2D eigenvalue weighted by molar-refractivity contribution is -0.151. The Morgan fingerprint density at radius 2 is 1.15 bits per heavy atom. The molecule has 0 atom stereocenters. The van der Waals surface area contributed by atoms with Crippen molar-refractivity contribution < 1.29 is 23.8 Å². The smallest absolute Gasteiger partial charge is 0.306 e. The Bertz CT molecular complexity index is 801. The molecule has 0 unspecified atom stereocenters. The Kier molecular flexibility index (Phi) is 14.2. The van der Waals surface area contributed by atoms with Gasteiger partial charge in [0.15, 0.2) is 0 Å².